The summed E-state index contributed by atoms with van der Waals surface area (Å²) < 4.78 is 37.8. The average molecular weight is 458 g/mol. The Morgan fingerprint density at radius 1 is 1.37 bits per heavy atom. The molecule has 0 aliphatic carbocycles. The first-order valence-electron chi connectivity index (χ1n) is 8.95. The molecule has 1 aliphatic heterocycles. The van der Waals surface area contributed by atoms with Crippen LogP contribution in [0.2, 0.25) is 5.02 Å². The monoisotopic (exact) mass is 457 g/mol. The molecule has 7 nitrogen and oxygen atoms in total. The standard InChI is InChI=1S/C18H15ClF3N5O2S/c19-11-1-2-13-12(6-11)9(7-23-13)3-4-27-8-10(5-14(27)28)15(29)24-17-26-25-16(30-17)18(20,21)22/h1-2,6-7,10,23H,3-5,8H2,(H,24,26,29). The lowest BCUT2D eigenvalue weighted by Crippen LogP contribution is -2.30. The molecule has 4 rings (SSSR count). The molecular weight excluding hydrogens is 443 g/mol. The largest absolute Gasteiger partial charge is 0.445 e. The Kier molecular flexibility index (Phi) is 5.41. The molecule has 2 N–H and O–H groups in total. The van der Waals surface area contributed by atoms with Gasteiger partial charge in [0.1, 0.15) is 0 Å². The molecule has 1 saturated heterocycles. The van der Waals surface area contributed by atoms with Crippen LogP contribution in [0.25, 0.3) is 10.9 Å². The second kappa shape index (κ2) is 7.88. The molecule has 158 valence electrons. The number of amides is 2. The highest BCUT2D eigenvalue weighted by Gasteiger charge is 2.37. The molecule has 0 radical (unpaired) electrons. The van der Waals surface area contributed by atoms with Crippen molar-refractivity contribution in [3.05, 3.63) is 40.0 Å². The Hall–Kier alpha value is -2.66. The van der Waals surface area contributed by atoms with Gasteiger partial charge in [-0.3, -0.25) is 9.59 Å². The molecule has 1 atom stereocenters. The highest BCUT2D eigenvalue weighted by Crippen LogP contribution is 2.33. The minimum atomic E-state index is -4.62. The van der Waals surface area contributed by atoms with E-state index in [9.17, 15) is 22.8 Å². The third-order valence-corrected chi connectivity index (χ3v) is 5.98. The maximum atomic E-state index is 12.6. The van der Waals surface area contributed by atoms with Crippen molar-refractivity contribution in [3.63, 3.8) is 0 Å². The Balaban J connectivity index is 1.36. The molecule has 0 spiro atoms. The van der Waals surface area contributed by atoms with Crippen LogP contribution in [0.5, 0.6) is 0 Å². The van der Waals surface area contributed by atoms with Gasteiger partial charge in [-0.2, -0.15) is 13.2 Å². The number of likely N-dealkylation sites (tertiary alicyclic amines) is 1. The summed E-state index contributed by atoms with van der Waals surface area (Å²) >= 11 is 6.30. The number of aromatic amines is 1. The number of alkyl halides is 3. The van der Waals surface area contributed by atoms with E-state index in [1.807, 2.05) is 18.3 Å². The van der Waals surface area contributed by atoms with Crippen LogP contribution in [0.3, 0.4) is 0 Å². The quantitative estimate of drug-likeness (QED) is 0.611. The highest BCUT2D eigenvalue weighted by atomic mass is 35.5. The Labute approximate surface area is 177 Å². The van der Waals surface area contributed by atoms with Gasteiger partial charge < -0.3 is 15.2 Å². The van der Waals surface area contributed by atoms with Gasteiger partial charge in [-0.1, -0.05) is 22.9 Å². The molecule has 2 aromatic heterocycles. The van der Waals surface area contributed by atoms with Crippen molar-refractivity contribution in [3.8, 4) is 0 Å². The van der Waals surface area contributed by atoms with Crippen LogP contribution in [0.4, 0.5) is 18.3 Å². The summed E-state index contributed by atoms with van der Waals surface area (Å²) in [6.07, 6.45) is -2.19. The predicted molar refractivity (Wildman–Crippen MR) is 105 cm³/mol. The van der Waals surface area contributed by atoms with Crippen molar-refractivity contribution in [2.45, 2.75) is 19.0 Å². The molecule has 2 amide bonds. The molecule has 0 saturated carbocycles. The van der Waals surface area contributed by atoms with E-state index in [0.717, 1.165) is 16.5 Å². The normalized spacial score (nSPS) is 17.1. The van der Waals surface area contributed by atoms with E-state index in [-0.39, 0.29) is 35.3 Å². The number of anilines is 1. The number of fused-ring (bicyclic) bond motifs is 1. The predicted octanol–water partition coefficient (Wildman–Crippen LogP) is 3.72. The van der Waals surface area contributed by atoms with Gasteiger partial charge >= 0.3 is 6.18 Å². The van der Waals surface area contributed by atoms with E-state index in [4.69, 9.17) is 11.6 Å². The van der Waals surface area contributed by atoms with Gasteiger partial charge in [0.05, 0.1) is 5.92 Å². The van der Waals surface area contributed by atoms with Gasteiger partial charge in [0.15, 0.2) is 0 Å². The lowest BCUT2D eigenvalue weighted by atomic mass is 10.1. The molecule has 30 heavy (non-hydrogen) atoms. The van der Waals surface area contributed by atoms with Crippen LogP contribution in [-0.4, -0.2) is 45.0 Å². The molecular formula is C18H15ClF3N5O2S. The summed E-state index contributed by atoms with van der Waals surface area (Å²) in [5.74, 6) is -1.39. The Morgan fingerprint density at radius 3 is 2.90 bits per heavy atom. The van der Waals surface area contributed by atoms with Gasteiger partial charge in [-0.05, 0) is 30.2 Å². The zero-order valence-electron chi connectivity index (χ0n) is 15.3. The van der Waals surface area contributed by atoms with E-state index in [2.05, 4.69) is 20.5 Å². The number of aromatic nitrogens is 3. The minimum absolute atomic E-state index is 0.00349. The van der Waals surface area contributed by atoms with Crippen molar-refractivity contribution in [2.24, 2.45) is 5.92 Å². The number of halogens is 4. The Morgan fingerprint density at radius 2 is 2.17 bits per heavy atom. The first-order valence-corrected chi connectivity index (χ1v) is 10.1. The van der Waals surface area contributed by atoms with Crippen LogP contribution >= 0.6 is 22.9 Å². The van der Waals surface area contributed by atoms with Gasteiger partial charge in [-0.15, -0.1) is 10.2 Å². The van der Waals surface area contributed by atoms with Gasteiger partial charge in [0.2, 0.25) is 22.0 Å². The first-order chi connectivity index (χ1) is 14.2. The van der Waals surface area contributed by atoms with E-state index in [0.29, 0.717) is 18.0 Å². The summed E-state index contributed by atoms with van der Waals surface area (Å²) in [4.78, 5) is 29.4. The van der Waals surface area contributed by atoms with Crippen molar-refractivity contribution in [1.29, 1.82) is 0 Å². The van der Waals surface area contributed by atoms with Crippen molar-refractivity contribution < 1.29 is 22.8 Å². The number of rotatable bonds is 5. The third kappa shape index (κ3) is 4.26. The van der Waals surface area contributed by atoms with Crippen LogP contribution in [0.15, 0.2) is 24.4 Å². The molecule has 3 heterocycles. The van der Waals surface area contributed by atoms with E-state index < -0.39 is 23.0 Å². The number of benzene rings is 1. The topological polar surface area (TPSA) is 91.0 Å². The van der Waals surface area contributed by atoms with Crippen LogP contribution in [-0.2, 0) is 22.2 Å². The number of carbonyl (C=O) groups excluding carboxylic acids is 2. The van der Waals surface area contributed by atoms with Gasteiger partial charge in [0.25, 0.3) is 0 Å². The number of carbonyl (C=O) groups is 2. The molecule has 1 aliphatic rings. The molecule has 3 aromatic rings. The van der Waals surface area contributed by atoms with Crippen molar-refractivity contribution >= 4 is 50.8 Å². The van der Waals surface area contributed by atoms with Crippen molar-refractivity contribution in [2.75, 3.05) is 18.4 Å². The van der Waals surface area contributed by atoms with E-state index in [1.165, 1.54) is 0 Å². The third-order valence-electron chi connectivity index (χ3n) is 4.86. The smallest absolute Gasteiger partial charge is 0.361 e. The molecule has 1 unspecified atom stereocenters. The summed E-state index contributed by atoms with van der Waals surface area (Å²) in [6.45, 7) is 0.609. The fourth-order valence-electron chi connectivity index (χ4n) is 3.37. The lowest BCUT2D eigenvalue weighted by Gasteiger charge is -2.16. The number of hydrogen-bond acceptors (Lipinski definition) is 5. The van der Waals surface area contributed by atoms with Crippen LogP contribution in [0, 0.1) is 5.92 Å². The number of nitrogens with one attached hydrogen (secondary N) is 2. The maximum absolute atomic E-state index is 12.6. The second-order valence-electron chi connectivity index (χ2n) is 6.89. The molecule has 0 bridgehead atoms. The van der Waals surface area contributed by atoms with Crippen LogP contribution < -0.4 is 5.32 Å². The van der Waals surface area contributed by atoms with Crippen LogP contribution in [0.1, 0.15) is 17.0 Å². The van der Waals surface area contributed by atoms with E-state index in [1.54, 1.807) is 11.0 Å². The minimum Gasteiger partial charge on any atom is -0.361 e. The number of nitrogens with zero attached hydrogens (tertiary/aromatic N) is 3. The van der Waals surface area contributed by atoms with E-state index >= 15 is 0 Å². The summed E-state index contributed by atoms with van der Waals surface area (Å²) in [7, 11) is 0. The maximum Gasteiger partial charge on any atom is 0.445 e. The average Bonchev–Trinajstić information content (AvgIpc) is 3.38. The summed E-state index contributed by atoms with van der Waals surface area (Å²) in [5.41, 5.74) is 1.94. The summed E-state index contributed by atoms with van der Waals surface area (Å²) in [6, 6.07) is 5.51. The molecule has 1 aromatic carbocycles. The fraction of sp³-hybridized carbons (Fsp3) is 0.333. The first kappa shape index (κ1) is 20.6. The molecule has 12 heteroatoms. The SMILES string of the molecule is O=C(Nc1nnc(C(F)(F)F)s1)C1CC(=O)N(CCc2c[nH]c3ccc(Cl)cc23)C1. The summed E-state index contributed by atoms with van der Waals surface area (Å²) in [5, 5.41) is 8.90. The zero-order chi connectivity index (χ0) is 21.5. The number of hydrogen-bond donors (Lipinski definition) is 2. The molecule has 1 fully saturated rings. The Bertz CT molecular complexity index is 1110. The zero-order valence-corrected chi connectivity index (χ0v) is 16.9. The fourth-order valence-corrected chi connectivity index (χ4v) is 4.16. The lowest BCUT2D eigenvalue weighted by molar-refractivity contribution is -0.138. The second-order valence-corrected chi connectivity index (χ2v) is 8.31. The van der Waals surface area contributed by atoms with Crippen molar-refractivity contribution in [1.82, 2.24) is 20.1 Å². The van der Waals surface area contributed by atoms with Gasteiger partial charge in [0, 0.05) is 41.6 Å². The highest BCUT2D eigenvalue weighted by molar-refractivity contribution is 7.15. The van der Waals surface area contributed by atoms with Gasteiger partial charge in [-0.25, -0.2) is 0 Å². The number of H-pyrrole nitrogens is 1.